The molecule has 0 spiro atoms. The molecule has 0 amide bonds. The molecule has 2 atom stereocenters. The predicted octanol–water partition coefficient (Wildman–Crippen LogP) is 0.269. The molecule has 1 aliphatic rings. The van der Waals surface area contributed by atoms with Gasteiger partial charge in [0, 0.05) is 12.5 Å². The topological polar surface area (TPSA) is 23.5 Å². The lowest BCUT2D eigenvalue weighted by atomic mass is 10.0. The minimum atomic E-state index is -1.01. The van der Waals surface area contributed by atoms with Gasteiger partial charge in [-0.15, -0.1) is 0 Å². The van der Waals surface area contributed by atoms with Crippen LogP contribution < -0.4 is 0 Å². The number of hydrogen-bond acceptors (Lipinski definition) is 2. The third-order valence-corrected chi connectivity index (χ3v) is 2.11. The molecule has 1 aliphatic heterocycles. The Morgan fingerprint density at radius 3 is 2.90 bits per heavy atom. The van der Waals surface area contributed by atoms with E-state index < -0.39 is 6.17 Å². The third kappa shape index (κ3) is 1.67. The van der Waals surface area contributed by atoms with Gasteiger partial charge >= 0.3 is 0 Å². The van der Waals surface area contributed by atoms with Gasteiger partial charge in [-0.05, 0) is 20.0 Å². The Labute approximate surface area is 60.6 Å². The average Bonchev–Trinajstić information content (AvgIpc) is 2.34. The first-order chi connectivity index (χ1) is 4.74. The Morgan fingerprint density at radius 2 is 2.50 bits per heavy atom. The van der Waals surface area contributed by atoms with Crippen LogP contribution in [-0.4, -0.2) is 42.9 Å². The van der Waals surface area contributed by atoms with Crippen LogP contribution in [0.15, 0.2) is 0 Å². The quantitative estimate of drug-likeness (QED) is 0.606. The predicted molar refractivity (Wildman–Crippen MR) is 37.6 cm³/mol. The van der Waals surface area contributed by atoms with E-state index >= 15 is 0 Å². The summed E-state index contributed by atoms with van der Waals surface area (Å²) in [5.74, 6) is 0.0648. The Kier molecular flexibility index (Phi) is 2.63. The maximum absolute atomic E-state index is 12.7. The molecule has 0 aromatic carbocycles. The third-order valence-electron chi connectivity index (χ3n) is 2.11. The highest BCUT2D eigenvalue weighted by Crippen LogP contribution is 2.19. The summed E-state index contributed by atoms with van der Waals surface area (Å²) in [6.45, 7) is 1.44. The van der Waals surface area contributed by atoms with Crippen molar-refractivity contribution in [3.8, 4) is 0 Å². The molecule has 1 saturated heterocycles. The minimum Gasteiger partial charge on any atom is -0.393 e. The van der Waals surface area contributed by atoms with Crippen LogP contribution in [0.25, 0.3) is 0 Å². The van der Waals surface area contributed by atoms with Gasteiger partial charge in [-0.2, -0.15) is 0 Å². The molecule has 0 aromatic heterocycles. The van der Waals surface area contributed by atoms with Crippen molar-refractivity contribution in [1.82, 2.24) is 4.90 Å². The zero-order valence-electron chi connectivity index (χ0n) is 6.26. The molecule has 1 rings (SSSR count). The van der Waals surface area contributed by atoms with Gasteiger partial charge < -0.3 is 10.0 Å². The van der Waals surface area contributed by atoms with Gasteiger partial charge in [-0.1, -0.05) is 0 Å². The summed E-state index contributed by atoms with van der Waals surface area (Å²) in [7, 11) is 1.98. The molecule has 0 aromatic rings. The number of alkyl halides is 1. The average molecular weight is 147 g/mol. The van der Waals surface area contributed by atoms with Gasteiger partial charge in [-0.25, -0.2) is 4.39 Å². The van der Waals surface area contributed by atoms with Crippen molar-refractivity contribution in [1.29, 1.82) is 0 Å². The summed E-state index contributed by atoms with van der Waals surface area (Å²) < 4.78 is 12.7. The van der Waals surface area contributed by atoms with E-state index in [1.807, 2.05) is 7.05 Å². The molecule has 60 valence electrons. The van der Waals surface area contributed by atoms with E-state index in [2.05, 4.69) is 4.90 Å². The molecular formula is C7H14FNO. The first kappa shape index (κ1) is 7.95. The van der Waals surface area contributed by atoms with Gasteiger partial charge in [0.15, 0.2) is 0 Å². The Balaban J connectivity index is 2.29. The highest BCUT2D eigenvalue weighted by Gasteiger charge is 2.26. The number of hydrogen-bond donors (Lipinski definition) is 1. The second-order valence-electron chi connectivity index (χ2n) is 3.01. The molecule has 0 bridgehead atoms. The zero-order valence-corrected chi connectivity index (χ0v) is 6.26. The van der Waals surface area contributed by atoms with Crippen LogP contribution in [0.1, 0.15) is 6.42 Å². The number of halogens is 1. The minimum absolute atomic E-state index is 0.0648. The standard InChI is InChI=1S/C7H14FNO/c1-9-3-2-6(4-9)7(8)5-10/h6-7,10H,2-5H2,1H3. The van der Waals surface area contributed by atoms with E-state index in [9.17, 15) is 4.39 Å². The van der Waals surface area contributed by atoms with Gasteiger partial charge in [-0.3, -0.25) is 0 Å². The van der Waals surface area contributed by atoms with Crippen LogP contribution in [0.4, 0.5) is 4.39 Å². The molecule has 1 heterocycles. The van der Waals surface area contributed by atoms with Crippen molar-refractivity contribution in [3.63, 3.8) is 0 Å². The van der Waals surface area contributed by atoms with Crippen LogP contribution in [0.5, 0.6) is 0 Å². The van der Waals surface area contributed by atoms with Crippen molar-refractivity contribution in [2.75, 3.05) is 26.7 Å². The van der Waals surface area contributed by atoms with Crippen molar-refractivity contribution < 1.29 is 9.50 Å². The van der Waals surface area contributed by atoms with Gasteiger partial charge in [0.25, 0.3) is 0 Å². The van der Waals surface area contributed by atoms with E-state index in [0.717, 1.165) is 19.5 Å². The molecule has 10 heavy (non-hydrogen) atoms. The first-order valence-corrected chi connectivity index (χ1v) is 3.67. The van der Waals surface area contributed by atoms with E-state index in [4.69, 9.17) is 5.11 Å². The lowest BCUT2D eigenvalue weighted by Crippen LogP contribution is -2.23. The summed E-state index contributed by atoms with van der Waals surface area (Å²) in [5, 5.41) is 8.49. The summed E-state index contributed by atoms with van der Waals surface area (Å²) in [5.41, 5.74) is 0. The second-order valence-corrected chi connectivity index (χ2v) is 3.01. The maximum Gasteiger partial charge on any atom is 0.127 e. The lowest BCUT2D eigenvalue weighted by Gasteiger charge is -2.12. The van der Waals surface area contributed by atoms with Crippen LogP contribution >= 0.6 is 0 Å². The summed E-state index contributed by atoms with van der Waals surface area (Å²) in [4.78, 5) is 2.09. The first-order valence-electron chi connectivity index (χ1n) is 3.67. The summed E-state index contributed by atoms with van der Waals surface area (Å²) >= 11 is 0. The zero-order chi connectivity index (χ0) is 7.56. The molecule has 3 heteroatoms. The maximum atomic E-state index is 12.7. The van der Waals surface area contributed by atoms with E-state index in [0.29, 0.717) is 0 Å². The Morgan fingerprint density at radius 1 is 1.80 bits per heavy atom. The fraction of sp³-hybridized carbons (Fsp3) is 1.00. The van der Waals surface area contributed by atoms with Crippen LogP contribution in [0, 0.1) is 5.92 Å². The van der Waals surface area contributed by atoms with Crippen molar-refractivity contribution in [2.24, 2.45) is 5.92 Å². The van der Waals surface area contributed by atoms with Crippen LogP contribution in [0.2, 0.25) is 0 Å². The fourth-order valence-electron chi connectivity index (χ4n) is 1.41. The molecule has 0 radical (unpaired) electrons. The number of likely N-dealkylation sites (tertiary alicyclic amines) is 1. The fourth-order valence-corrected chi connectivity index (χ4v) is 1.41. The normalized spacial score (nSPS) is 30.9. The lowest BCUT2D eigenvalue weighted by molar-refractivity contribution is 0.129. The molecule has 0 aliphatic carbocycles. The van der Waals surface area contributed by atoms with E-state index in [-0.39, 0.29) is 12.5 Å². The largest absolute Gasteiger partial charge is 0.393 e. The molecular weight excluding hydrogens is 133 g/mol. The molecule has 1 N–H and O–H groups in total. The Bertz CT molecular complexity index is 110. The summed E-state index contributed by atoms with van der Waals surface area (Å²) in [6, 6.07) is 0. The van der Waals surface area contributed by atoms with Crippen molar-refractivity contribution >= 4 is 0 Å². The monoisotopic (exact) mass is 147 g/mol. The number of aliphatic hydroxyl groups is 1. The molecule has 2 nitrogen and oxygen atoms in total. The smallest absolute Gasteiger partial charge is 0.127 e. The SMILES string of the molecule is CN1CCC(C(F)CO)C1. The van der Waals surface area contributed by atoms with E-state index in [1.54, 1.807) is 0 Å². The highest BCUT2D eigenvalue weighted by molar-refractivity contribution is 4.78. The number of nitrogens with zero attached hydrogens (tertiary/aromatic N) is 1. The van der Waals surface area contributed by atoms with Crippen LogP contribution in [0.3, 0.4) is 0 Å². The number of aliphatic hydroxyl groups excluding tert-OH is 1. The van der Waals surface area contributed by atoms with Crippen LogP contribution in [-0.2, 0) is 0 Å². The van der Waals surface area contributed by atoms with Gasteiger partial charge in [0.1, 0.15) is 6.17 Å². The van der Waals surface area contributed by atoms with Crippen molar-refractivity contribution in [2.45, 2.75) is 12.6 Å². The molecule has 1 fully saturated rings. The van der Waals surface area contributed by atoms with Gasteiger partial charge in [0.2, 0.25) is 0 Å². The highest BCUT2D eigenvalue weighted by atomic mass is 19.1. The molecule has 0 saturated carbocycles. The summed E-state index contributed by atoms with van der Waals surface area (Å²) in [6.07, 6.45) is -0.122. The second kappa shape index (κ2) is 3.30. The van der Waals surface area contributed by atoms with E-state index in [1.165, 1.54) is 0 Å². The van der Waals surface area contributed by atoms with Crippen molar-refractivity contribution in [3.05, 3.63) is 0 Å². The van der Waals surface area contributed by atoms with Gasteiger partial charge in [0.05, 0.1) is 6.61 Å². The molecule has 2 unspecified atom stereocenters. The Hall–Kier alpha value is -0.150. The number of rotatable bonds is 2.